The van der Waals surface area contributed by atoms with Gasteiger partial charge in [-0.25, -0.2) is 9.18 Å². The number of carbonyl (C=O) groups excluding carboxylic acids is 3. The Balaban J connectivity index is 1.30. The van der Waals surface area contributed by atoms with Crippen LogP contribution < -0.4 is 16.1 Å². The first-order valence-corrected chi connectivity index (χ1v) is 11.6. The number of hydrogen-bond donors (Lipinski definition) is 3. The van der Waals surface area contributed by atoms with Crippen LogP contribution in [0.15, 0.2) is 28.6 Å². The van der Waals surface area contributed by atoms with Crippen molar-refractivity contribution < 1.29 is 18.8 Å². The predicted octanol–water partition coefficient (Wildman–Crippen LogP) is 3.04. The van der Waals surface area contributed by atoms with Crippen LogP contribution in [0.5, 0.6) is 0 Å². The van der Waals surface area contributed by atoms with Crippen molar-refractivity contribution in [3.63, 3.8) is 0 Å². The van der Waals surface area contributed by atoms with Crippen LogP contribution in [0.1, 0.15) is 32.6 Å². The largest absolute Gasteiger partial charge is 0.344 e. The summed E-state index contributed by atoms with van der Waals surface area (Å²) in [6, 6.07) is 5.58. The summed E-state index contributed by atoms with van der Waals surface area (Å²) in [6.07, 6.45) is 2.85. The molecule has 2 aromatic rings. The average Bonchev–Trinajstić information content (AvgIpc) is 3.29. The van der Waals surface area contributed by atoms with Crippen molar-refractivity contribution in [1.29, 1.82) is 0 Å². The summed E-state index contributed by atoms with van der Waals surface area (Å²) < 4.78 is 14.2. The maximum atomic E-state index is 13.7. The third-order valence-corrected chi connectivity index (χ3v) is 7.35. The van der Waals surface area contributed by atoms with Gasteiger partial charge in [0.05, 0.1) is 11.4 Å². The Morgan fingerprint density at radius 3 is 2.81 bits per heavy atom. The van der Waals surface area contributed by atoms with E-state index in [-0.39, 0.29) is 11.4 Å². The zero-order chi connectivity index (χ0) is 22.0. The summed E-state index contributed by atoms with van der Waals surface area (Å²) in [5.41, 5.74) is 1.76. The summed E-state index contributed by atoms with van der Waals surface area (Å²) in [5.74, 6) is -0.872. The molecule has 1 saturated heterocycles. The molecule has 2 heterocycles. The molecule has 31 heavy (non-hydrogen) atoms. The molecule has 12 heteroatoms. The lowest BCUT2D eigenvalue weighted by molar-refractivity contribution is -0.139. The molecule has 4 rings (SSSR count). The molecular formula is C19H21FN6O3S2. The van der Waals surface area contributed by atoms with E-state index in [1.165, 1.54) is 6.07 Å². The van der Waals surface area contributed by atoms with E-state index in [4.69, 9.17) is 0 Å². The quantitative estimate of drug-likeness (QED) is 0.444. The van der Waals surface area contributed by atoms with E-state index in [0.29, 0.717) is 28.2 Å². The number of hydrazine groups is 1. The molecule has 1 aromatic carbocycles. The van der Waals surface area contributed by atoms with Gasteiger partial charge in [-0.05, 0) is 43.7 Å². The minimum atomic E-state index is -0.906. The van der Waals surface area contributed by atoms with Gasteiger partial charge >= 0.3 is 6.03 Å². The molecule has 4 amide bonds. The Morgan fingerprint density at radius 2 is 2.06 bits per heavy atom. The van der Waals surface area contributed by atoms with Crippen molar-refractivity contribution in [2.24, 2.45) is 5.92 Å². The third-order valence-electron chi connectivity index (χ3n) is 5.37. The standard InChI is InChI=1S/C19H21FN6O3S2/c1-11-6-8-19(9-7-11)15(28)26(17(29)22-19)25-14(27)10-30-18-24-23-16(31-18)21-13-5-3-2-4-12(13)20/h2-5,11H,6-10H2,1H3,(H,21,23)(H,22,29)(H,25,27). The number of halogens is 1. The molecule has 2 fully saturated rings. The number of thioether (sulfide) groups is 1. The molecule has 0 unspecified atom stereocenters. The molecule has 0 bridgehead atoms. The maximum Gasteiger partial charge on any atom is 0.344 e. The Morgan fingerprint density at radius 1 is 1.32 bits per heavy atom. The fraction of sp³-hybridized carbons (Fsp3) is 0.421. The van der Waals surface area contributed by atoms with Crippen LogP contribution in [0, 0.1) is 11.7 Å². The molecule has 1 saturated carbocycles. The van der Waals surface area contributed by atoms with Crippen LogP contribution in [0.3, 0.4) is 0 Å². The van der Waals surface area contributed by atoms with Crippen molar-refractivity contribution in [3.8, 4) is 0 Å². The SMILES string of the molecule is CC1CCC2(CC1)NC(=O)N(NC(=O)CSc1nnc(Nc3ccccc3F)s1)C2=O. The summed E-state index contributed by atoms with van der Waals surface area (Å²) in [4.78, 5) is 37.4. The van der Waals surface area contributed by atoms with Gasteiger partial charge in [0.2, 0.25) is 11.0 Å². The normalized spacial score (nSPS) is 23.2. The minimum absolute atomic E-state index is 0.0601. The number of aromatic nitrogens is 2. The van der Waals surface area contributed by atoms with Crippen molar-refractivity contribution >= 4 is 51.8 Å². The Bertz CT molecular complexity index is 1010. The number of anilines is 2. The van der Waals surface area contributed by atoms with Crippen LogP contribution in [0.25, 0.3) is 0 Å². The van der Waals surface area contributed by atoms with Crippen LogP contribution in [0.2, 0.25) is 0 Å². The Hall–Kier alpha value is -2.73. The van der Waals surface area contributed by atoms with E-state index in [1.54, 1.807) is 18.2 Å². The molecule has 1 aromatic heterocycles. The highest BCUT2D eigenvalue weighted by molar-refractivity contribution is 8.01. The number of urea groups is 1. The highest BCUT2D eigenvalue weighted by Crippen LogP contribution is 2.36. The van der Waals surface area contributed by atoms with Crippen LogP contribution in [-0.4, -0.2) is 44.3 Å². The predicted molar refractivity (Wildman–Crippen MR) is 114 cm³/mol. The number of rotatable bonds is 6. The van der Waals surface area contributed by atoms with Crippen molar-refractivity contribution in [2.45, 2.75) is 42.5 Å². The number of imide groups is 1. The van der Waals surface area contributed by atoms with E-state index in [1.807, 2.05) is 0 Å². The summed E-state index contributed by atoms with van der Waals surface area (Å²) in [7, 11) is 0. The molecule has 0 atom stereocenters. The molecule has 9 nitrogen and oxygen atoms in total. The van der Waals surface area contributed by atoms with Gasteiger partial charge in [-0.2, -0.15) is 5.01 Å². The van der Waals surface area contributed by atoms with Crippen LogP contribution in [0.4, 0.5) is 20.0 Å². The van der Waals surface area contributed by atoms with Gasteiger partial charge in [-0.15, -0.1) is 10.2 Å². The number of hydrogen-bond acceptors (Lipinski definition) is 8. The second-order valence-electron chi connectivity index (χ2n) is 7.64. The van der Waals surface area contributed by atoms with Crippen LogP contribution >= 0.6 is 23.1 Å². The molecule has 1 spiro atoms. The Labute approximate surface area is 186 Å². The summed E-state index contributed by atoms with van der Waals surface area (Å²) in [6.45, 7) is 2.12. The fourth-order valence-electron chi connectivity index (χ4n) is 3.60. The number of nitrogens with zero attached hydrogens (tertiary/aromatic N) is 3. The van der Waals surface area contributed by atoms with Gasteiger partial charge in [0.25, 0.3) is 5.91 Å². The van der Waals surface area contributed by atoms with Crippen molar-refractivity contribution in [1.82, 2.24) is 25.9 Å². The monoisotopic (exact) mass is 464 g/mol. The number of amides is 4. The van der Waals surface area contributed by atoms with Gasteiger partial charge in [0.15, 0.2) is 4.34 Å². The van der Waals surface area contributed by atoms with Gasteiger partial charge in [0, 0.05) is 0 Å². The first-order chi connectivity index (χ1) is 14.9. The number of carbonyl (C=O) groups is 3. The zero-order valence-corrected chi connectivity index (χ0v) is 18.3. The first-order valence-electron chi connectivity index (χ1n) is 9.80. The smallest absolute Gasteiger partial charge is 0.328 e. The second kappa shape index (κ2) is 8.79. The third kappa shape index (κ3) is 4.64. The van der Waals surface area contributed by atoms with Gasteiger partial charge in [0.1, 0.15) is 11.4 Å². The number of benzene rings is 1. The molecule has 164 valence electrons. The van der Waals surface area contributed by atoms with E-state index in [2.05, 4.69) is 33.2 Å². The van der Waals surface area contributed by atoms with Gasteiger partial charge < -0.3 is 10.6 Å². The highest BCUT2D eigenvalue weighted by atomic mass is 32.2. The molecule has 2 aliphatic rings. The van der Waals surface area contributed by atoms with Crippen LogP contribution in [-0.2, 0) is 9.59 Å². The molecule has 1 aliphatic carbocycles. The number of para-hydroxylation sites is 1. The molecule has 1 aliphatic heterocycles. The summed E-state index contributed by atoms with van der Waals surface area (Å²) in [5, 5.41) is 14.6. The van der Waals surface area contributed by atoms with E-state index in [0.717, 1.165) is 40.9 Å². The van der Waals surface area contributed by atoms with E-state index in [9.17, 15) is 18.8 Å². The maximum absolute atomic E-state index is 13.7. The topological polar surface area (TPSA) is 116 Å². The van der Waals surface area contributed by atoms with Gasteiger partial charge in [-0.1, -0.05) is 42.2 Å². The lowest BCUT2D eigenvalue weighted by atomic mass is 9.77. The minimum Gasteiger partial charge on any atom is -0.328 e. The molecule has 3 N–H and O–H groups in total. The fourth-order valence-corrected chi connectivity index (χ4v) is 5.15. The first kappa shape index (κ1) is 21.5. The Kier molecular flexibility index (Phi) is 6.10. The second-order valence-corrected chi connectivity index (χ2v) is 9.84. The summed E-state index contributed by atoms with van der Waals surface area (Å²) >= 11 is 2.27. The van der Waals surface area contributed by atoms with Gasteiger partial charge in [-0.3, -0.25) is 15.0 Å². The lowest BCUT2D eigenvalue weighted by Crippen LogP contribution is -2.51. The van der Waals surface area contributed by atoms with Crippen molar-refractivity contribution in [3.05, 3.63) is 30.1 Å². The molecule has 0 radical (unpaired) electrons. The number of nitrogens with one attached hydrogen (secondary N) is 3. The highest BCUT2D eigenvalue weighted by Gasteiger charge is 2.52. The zero-order valence-electron chi connectivity index (χ0n) is 16.7. The molecular weight excluding hydrogens is 443 g/mol. The average molecular weight is 465 g/mol. The van der Waals surface area contributed by atoms with Crippen molar-refractivity contribution in [2.75, 3.05) is 11.1 Å². The van der Waals surface area contributed by atoms with E-state index >= 15 is 0 Å². The lowest BCUT2D eigenvalue weighted by Gasteiger charge is -2.33. The van der Waals surface area contributed by atoms with E-state index < -0.39 is 29.2 Å².